The lowest BCUT2D eigenvalue weighted by Gasteiger charge is -2.29. The number of carbonyl (C=O) groups excluding carboxylic acids is 2. The molecule has 1 heterocycles. The molecule has 2 aromatic carbocycles. The monoisotopic (exact) mass is 555 g/mol. The normalized spacial score (nSPS) is 16.3. The number of hydrogen-bond acceptors (Lipinski definition) is 8. The van der Waals surface area contributed by atoms with Gasteiger partial charge in [-0.25, -0.2) is 4.79 Å². The number of aliphatic carboxylic acids is 1. The summed E-state index contributed by atoms with van der Waals surface area (Å²) in [5, 5.41) is 8.99. The van der Waals surface area contributed by atoms with Gasteiger partial charge in [-0.2, -0.15) is 0 Å². The number of carbonyl (C=O) groups is 3. The van der Waals surface area contributed by atoms with Crippen LogP contribution in [0.4, 0.5) is 0 Å². The predicted molar refractivity (Wildman–Crippen MR) is 150 cm³/mol. The molecule has 9 nitrogen and oxygen atoms in total. The van der Waals surface area contributed by atoms with Crippen molar-refractivity contribution < 1.29 is 38.4 Å². The second-order valence-electron chi connectivity index (χ2n) is 10.7. The average molecular weight is 556 g/mol. The summed E-state index contributed by atoms with van der Waals surface area (Å²) in [5.74, 6) is 0.279. The van der Waals surface area contributed by atoms with Crippen LogP contribution in [0.25, 0.3) is 0 Å². The van der Waals surface area contributed by atoms with Gasteiger partial charge in [0.05, 0.1) is 20.8 Å². The van der Waals surface area contributed by atoms with E-state index >= 15 is 0 Å². The third-order valence-corrected chi connectivity index (χ3v) is 7.61. The molecule has 1 saturated heterocycles. The van der Waals surface area contributed by atoms with Crippen molar-refractivity contribution >= 4 is 17.7 Å². The Morgan fingerprint density at radius 2 is 1.82 bits per heavy atom. The number of nitrogens with zero attached hydrogens (tertiary/aromatic N) is 1. The molecule has 0 aliphatic carbocycles. The van der Waals surface area contributed by atoms with Crippen molar-refractivity contribution in [3.05, 3.63) is 53.6 Å². The van der Waals surface area contributed by atoms with Gasteiger partial charge in [-0.15, -0.1) is 0 Å². The largest absolute Gasteiger partial charge is 0.493 e. The minimum atomic E-state index is -1.08. The number of ether oxygens (including phenoxy) is 4. The summed E-state index contributed by atoms with van der Waals surface area (Å²) in [7, 11) is 3.16. The maximum atomic E-state index is 13.5. The van der Waals surface area contributed by atoms with E-state index in [0.717, 1.165) is 18.4 Å². The first-order valence-electron chi connectivity index (χ1n) is 13.7. The van der Waals surface area contributed by atoms with Crippen LogP contribution < -0.4 is 14.2 Å². The maximum Gasteiger partial charge on any atom is 0.341 e. The fourth-order valence-corrected chi connectivity index (χ4v) is 4.67. The van der Waals surface area contributed by atoms with Crippen LogP contribution in [0, 0.1) is 5.41 Å². The number of likely N-dealkylation sites (tertiary alicyclic amines) is 1. The highest BCUT2D eigenvalue weighted by Gasteiger charge is 2.37. The zero-order chi connectivity index (χ0) is 29.3. The van der Waals surface area contributed by atoms with Crippen molar-refractivity contribution in [2.24, 2.45) is 5.41 Å². The summed E-state index contributed by atoms with van der Waals surface area (Å²) < 4.78 is 22.3. The first-order chi connectivity index (χ1) is 19.1. The van der Waals surface area contributed by atoms with Crippen molar-refractivity contribution in [3.8, 4) is 17.2 Å². The lowest BCUT2D eigenvalue weighted by Crippen LogP contribution is -2.43. The summed E-state index contributed by atoms with van der Waals surface area (Å²) in [5.41, 5.74) is 1.23. The summed E-state index contributed by atoms with van der Waals surface area (Å²) >= 11 is 0. The molecule has 1 aliphatic heterocycles. The van der Waals surface area contributed by atoms with Gasteiger partial charge in [0.15, 0.2) is 23.9 Å². The molecule has 1 aliphatic rings. The van der Waals surface area contributed by atoms with Gasteiger partial charge in [-0.05, 0) is 74.0 Å². The van der Waals surface area contributed by atoms with Crippen molar-refractivity contribution in [1.29, 1.82) is 0 Å². The number of Topliss-reactive ketones (excluding diaryl/α,β-unsaturated/α-hetero) is 1. The van der Waals surface area contributed by atoms with E-state index < -0.39 is 30.1 Å². The molecule has 0 aromatic heterocycles. The first kappa shape index (κ1) is 30.9. The Morgan fingerprint density at radius 3 is 2.50 bits per heavy atom. The van der Waals surface area contributed by atoms with E-state index in [2.05, 4.69) is 0 Å². The number of methoxy groups -OCH3 is 2. The van der Waals surface area contributed by atoms with Crippen LogP contribution in [-0.2, 0) is 25.5 Å². The Kier molecular flexibility index (Phi) is 11.0. The number of carboxylic acids is 1. The number of carboxylic acid groups (broad SMARTS) is 1. The topological polar surface area (TPSA) is 112 Å². The predicted octanol–water partition coefficient (Wildman–Crippen LogP) is 4.85. The van der Waals surface area contributed by atoms with Crippen molar-refractivity contribution in [1.82, 2.24) is 4.90 Å². The highest BCUT2D eigenvalue weighted by molar-refractivity contribution is 5.87. The molecule has 0 bridgehead atoms. The molecule has 0 radical (unpaired) electrons. The smallest absolute Gasteiger partial charge is 0.341 e. The minimum absolute atomic E-state index is 0.114. The summed E-state index contributed by atoms with van der Waals surface area (Å²) in [6.45, 7) is 6.27. The fourth-order valence-electron chi connectivity index (χ4n) is 4.67. The van der Waals surface area contributed by atoms with Gasteiger partial charge >= 0.3 is 11.9 Å². The summed E-state index contributed by atoms with van der Waals surface area (Å²) in [4.78, 5) is 39.3. The van der Waals surface area contributed by atoms with Gasteiger partial charge in [0.25, 0.3) is 0 Å². The molecule has 0 amide bonds. The molecule has 9 heteroatoms. The van der Waals surface area contributed by atoms with Gasteiger partial charge in [0.2, 0.25) is 0 Å². The van der Waals surface area contributed by atoms with Crippen LogP contribution in [0.5, 0.6) is 17.2 Å². The maximum absolute atomic E-state index is 13.5. The molecule has 1 N–H and O–H groups in total. The SMILES string of the molecule is CCC(C)(C)C(=O)CN1CCCC1C(=O)O[C@H](CCc1ccc(OC)c(OC)c1)c1cccc(OCC(=O)O)c1. The molecule has 3 rings (SSSR count). The van der Waals surface area contributed by atoms with E-state index in [1.807, 2.05) is 49.9 Å². The zero-order valence-corrected chi connectivity index (χ0v) is 24.1. The van der Waals surface area contributed by atoms with E-state index in [9.17, 15) is 14.4 Å². The van der Waals surface area contributed by atoms with E-state index in [1.165, 1.54) is 0 Å². The molecular weight excluding hydrogens is 514 g/mol. The number of rotatable bonds is 15. The molecule has 2 aromatic rings. The third-order valence-electron chi connectivity index (χ3n) is 7.61. The second-order valence-corrected chi connectivity index (χ2v) is 10.7. The third kappa shape index (κ3) is 8.21. The molecule has 2 atom stereocenters. The molecule has 0 spiro atoms. The Labute approximate surface area is 236 Å². The Balaban J connectivity index is 1.80. The Hall–Kier alpha value is -3.59. The van der Waals surface area contributed by atoms with Crippen molar-refractivity contribution in [2.75, 3.05) is 33.9 Å². The van der Waals surface area contributed by atoms with E-state index in [-0.39, 0.29) is 18.3 Å². The van der Waals surface area contributed by atoms with Gasteiger partial charge in [-0.3, -0.25) is 14.5 Å². The molecule has 1 fully saturated rings. The van der Waals surface area contributed by atoms with Crippen LogP contribution >= 0.6 is 0 Å². The summed E-state index contributed by atoms with van der Waals surface area (Å²) in [6, 6.07) is 12.1. The number of benzene rings is 2. The van der Waals surface area contributed by atoms with Crippen molar-refractivity contribution in [3.63, 3.8) is 0 Å². The molecule has 1 unspecified atom stereocenters. The minimum Gasteiger partial charge on any atom is -0.493 e. The standard InChI is InChI=1S/C31H41NO8/c1-6-31(2,3)28(33)19-32-16-8-11-24(32)30(36)40-25(22-9-7-10-23(18-22)39-20-29(34)35)14-12-21-13-15-26(37-4)27(17-21)38-5/h7,9-10,13,15,17-18,24-25H,6,8,11-12,14,16,19-20H2,1-5H3,(H,34,35)/t24?,25-/m1/s1. The average Bonchev–Trinajstić information content (AvgIpc) is 3.42. The molecule has 40 heavy (non-hydrogen) atoms. The first-order valence-corrected chi connectivity index (χ1v) is 13.7. The quantitative estimate of drug-likeness (QED) is 0.308. The fraction of sp³-hybridized carbons (Fsp3) is 0.516. The summed E-state index contributed by atoms with van der Waals surface area (Å²) in [6.07, 6.45) is 2.61. The number of esters is 1. The van der Waals surface area contributed by atoms with Crippen LogP contribution in [0.2, 0.25) is 0 Å². The Bertz CT molecular complexity index is 1180. The van der Waals surface area contributed by atoms with Gasteiger partial charge < -0.3 is 24.1 Å². The number of aryl methyl sites for hydroxylation is 1. The molecule has 218 valence electrons. The highest BCUT2D eigenvalue weighted by Crippen LogP contribution is 2.32. The van der Waals surface area contributed by atoms with Gasteiger partial charge in [0, 0.05) is 5.41 Å². The number of ketones is 1. The zero-order valence-electron chi connectivity index (χ0n) is 24.1. The van der Waals surface area contributed by atoms with Crippen LogP contribution in [-0.4, -0.2) is 67.7 Å². The van der Waals surface area contributed by atoms with Gasteiger partial charge in [0.1, 0.15) is 17.9 Å². The molecular formula is C31H41NO8. The van der Waals surface area contributed by atoms with Crippen LogP contribution in [0.1, 0.15) is 63.7 Å². The van der Waals surface area contributed by atoms with Crippen LogP contribution in [0.15, 0.2) is 42.5 Å². The second kappa shape index (κ2) is 14.2. The van der Waals surface area contributed by atoms with E-state index in [0.29, 0.717) is 48.6 Å². The van der Waals surface area contributed by atoms with Gasteiger partial charge in [-0.1, -0.05) is 39.0 Å². The molecule has 0 saturated carbocycles. The van der Waals surface area contributed by atoms with E-state index in [1.54, 1.807) is 32.4 Å². The number of hydrogen-bond donors (Lipinski definition) is 1. The van der Waals surface area contributed by atoms with Crippen molar-refractivity contribution in [2.45, 2.75) is 65.0 Å². The highest BCUT2D eigenvalue weighted by atomic mass is 16.5. The lowest BCUT2D eigenvalue weighted by atomic mass is 9.85. The van der Waals surface area contributed by atoms with E-state index in [4.69, 9.17) is 24.1 Å². The Morgan fingerprint density at radius 1 is 1.07 bits per heavy atom. The van der Waals surface area contributed by atoms with Crippen LogP contribution in [0.3, 0.4) is 0 Å². The lowest BCUT2D eigenvalue weighted by molar-refractivity contribution is -0.155.